The molecule has 1 N–H and O–H groups in total. The first kappa shape index (κ1) is 18.2. The molecule has 2 amide bonds. The van der Waals surface area contributed by atoms with Gasteiger partial charge in [-0.1, -0.05) is 44.2 Å². The molecule has 1 aliphatic rings. The molecule has 2 aromatic rings. The van der Waals surface area contributed by atoms with E-state index in [4.69, 9.17) is 0 Å². The number of hydrogen-bond acceptors (Lipinski definition) is 2. The second-order valence-electron chi connectivity index (χ2n) is 7.43. The Hall–Kier alpha value is -2.62. The molecule has 0 spiro atoms. The van der Waals surface area contributed by atoms with Crippen molar-refractivity contribution in [3.05, 3.63) is 59.2 Å². The maximum atomic E-state index is 12.7. The average molecular weight is 350 g/mol. The van der Waals surface area contributed by atoms with Crippen LogP contribution in [0.4, 0.5) is 11.4 Å². The number of carbonyl (C=O) groups is 2. The lowest BCUT2D eigenvalue weighted by molar-refractivity contribution is -0.122. The van der Waals surface area contributed by atoms with Gasteiger partial charge in [-0.15, -0.1) is 0 Å². The van der Waals surface area contributed by atoms with Crippen molar-refractivity contribution in [3.8, 4) is 0 Å². The van der Waals surface area contributed by atoms with Gasteiger partial charge < -0.3 is 10.2 Å². The van der Waals surface area contributed by atoms with Gasteiger partial charge in [0.15, 0.2) is 0 Å². The molecule has 0 saturated carbocycles. The van der Waals surface area contributed by atoms with E-state index in [1.807, 2.05) is 50.2 Å². The van der Waals surface area contributed by atoms with Gasteiger partial charge >= 0.3 is 0 Å². The van der Waals surface area contributed by atoms with Crippen LogP contribution in [0.3, 0.4) is 0 Å². The lowest BCUT2D eigenvalue weighted by Gasteiger charge is -2.22. The average Bonchev–Trinajstić information content (AvgIpc) is 3.00. The third-order valence-corrected chi connectivity index (χ3v) is 5.00. The Balaban J connectivity index is 1.77. The van der Waals surface area contributed by atoms with Crippen LogP contribution in [0.5, 0.6) is 0 Å². The molecule has 1 heterocycles. The summed E-state index contributed by atoms with van der Waals surface area (Å²) in [4.78, 5) is 27.1. The Morgan fingerprint density at radius 2 is 1.88 bits per heavy atom. The Kier molecular flexibility index (Phi) is 5.12. The maximum absolute atomic E-state index is 12.7. The number of hydrogen-bond donors (Lipinski definition) is 1. The number of nitrogens with zero attached hydrogens (tertiary/aromatic N) is 1. The zero-order valence-corrected chi connectivity index (χ0v) is 15.9. The van der Waals surface area contributed by atoms with E-state index >= 15 is 0 Å². The molecule has 4 nitrogen and oxygen atoms in total. The van der Waals surface area contributed by atoms with E-state index in [0.717, 1.165) is 28.1 Å². The molecule has 1 fully saturated rings. The van der Waals surface area contributed by atoms with Crippen LogP contribution in [0.2, 0.25) is 0 Å². The van der Waals surface area contributed by atoms with Gasteiger partial charge in [-0.3, -0.25) is 9.59 Å². The number of para-hydroxylation sites is 1. The lowest BCUT2D eigenvalue weighted by Crippen LogP contribution is -2.29. The zero-order chi connectivity index (χ0) is 18.8. The van der Waals surface area contributed by atoms with Gasteiger partial charge in [0.05, 0.1) is 5.92 Å². The fourth-order valence-electron chi connectivity index (χ4n) is 3.44. The number of nitrogens with one attached hydrogen (secondary N) is 1. The van der Waals surface area contributed by atoms with Crippen molar-refractivity contribution in [1.82, 2.24) is 0 Å². The van der Waals surface area contributed by atoms with E-state index in [1.54, 1.807) is 4.90 Å². The molecule has 0 bridgehead atoms. The monoisotopic (exact) mass is 350 g/mol. The minimum Gasteiger partial charge on any atom is -0.326 e. The molecule has 1 aliphatic heterocycles. The Labute approximate surface area is 155 Å². The molecule has 2 aromatic carbocycles. The smallest absolute Gasteiger partial charge is 0.229 e. The van der Waals surface area contributed by atoms with Gasteiger partial charge in [-0.2, -0.15) is 0 Å². The van der Waals surface area contributed by atoms with E-state index in [0.29, 0.717) is 12.5 Å². The second kappa shape index (κ2) is 7.32. The van der Waals surface area contributed by atoms with Crippen molar-refractivity contribution in [2.75, 3.05) is 16.8 Å². The number of amides is 2. The molecule has 136 valence electrons. The minimum absolute atomic E-state index is 0.0132. The van der Waals surface area contributed by atoms with Crippen molar-refractivity contribution in [1.29, 1.82) is 0 Å². The third-order valence-electron chi connectivity index (χ3n) is 5.00. The van der Waals surface area contributed by atoms with Crippen molar-refractivity contribution in [2.45, 2.75) is 40.0 Å². The van der Waals surface area contributed by atoms with Gasteiger partial charge in [0.25, 0.3) is 0 Å². The summed E-state index contributed by atoms with van der Waals surface area (Å²) < 4.78 is 0. The molecular formula is C22H26N2O2. The SMILES string of the molecule is Cc1ccc(C)c(NC(=O)C2CC(=O)N(c3ccccc3C(C)C)C2)c1. The quantitative estimate of drug-likeness (QED) is 0.887. The molecule has 0 aliphatic carbocycles. The maximum Gasteiger partial charge on any atom is 0.229 e. The van der Waals surface area contributed by atoms with Crippen LogP contribution in [0, 0.1) is 19.8 Å². The molecule has 3 rings (SSSR count). The van der Waals surface area contributed by atoms with Crippen LogP contribution in [0.1, 0.15) is 42.9 Å². The zero-order valence-electron chi connectivity index (χ0n) is 15.9. The predicted molar refractivity (Wildman–Crippen MR) is 106 cm³/mol. The van der Waals surface area contributed by atoms with Crippen LogP contribution < -0.4 is 10.2 Å². The van der Waals surface area contributed by atoms with E-state index in [-0.39, 0.29) is 24.2 Å². The second-order valence-corrected chi connectivity index (χ2v) is 7.43. The van der Waals surface area contributed by atoms with E-state index in [2.05, 4.69) is 25.2 Å². The summed E-state index contributed by atoms with van der Waals surface area (Å²) >= 11 is 0. The molecule has 0 radical (unpaired) electrons. The van der Waals surface area contributed by atoms with Crippen LogP contribution in [-0.2, 0) is 9.59 Å². The van der Waals surface area contributed by atoms with Crippen LogP contribution in [0.25, 0.3) is 0 Å². The normalized spacial score (nSPS) is 17.0. The molecule has 0 aromatic heterocycles. The van der Waals surface area contributed by atoms with Crippen LogP contribution in [-0.4, -0.2) is 18.4 Å². The van der Waals surface area contributed by atoms with Gasteiger partial charge in [-0.25, -0.2) is 0 Å². The third kappa shape index (κ3) is 3.64. The van der Waals surface area contributed by atoms with Gasteiger partial charge in [0, 0.05) is 24.3 Å². The summed E-state index contributed by atoms with van der Waals surface area (Å²) in [6.07, 6.45) is 0.253. The Bertz CT molecular complexity index is 842. The molecule has 1 atom stereocenters. The Morgan fingerprint density at radius 1 is 1.15 bits per heavy atom. The molecule has 26 heavy (non-hydrogen) atoms. The van der Waals surface area contributed by atoms with E-state index in [9.17, 15) is 9.59 Å². The van der Waals surface area contributed by atoms with Crippen LogP contribution >= 0.6 is 0 Å². The van der Waals surface area contributed by atoms with Crippen LogP contribution in [0.15, 0.2) is 42.5 Å². The molecular weight excluding hydrogens is 324 g/mol. The largest absolute Gasteiger partial charge is 0.326 e. The van der Waals surface area contributed by atoms with Crippen molar-refractivity contribution >= 4 is 23.2 Å². The number of anilines is 2. The highest BCUT2D eigenvalue weighted by molar-refractivity contribution is 6.04. The Morgan fingerprint density at radius 3 is 2.62 bits per heavy atom. The number of aryl methyl sites for hydroxylation is 2. The topological polar surface area (TPSA) is 49.4 Å². The first-order valence-corrected chi connectivity index (χ1v) is 9.14. The van der Waals surface area contributed by atoms with E-state index < -0.39 is 0 Å². The van der Waals surface area contributed by atoms with Gasteiger partial charge in [0.2, 0.25) is 11.8 Å². The van der Waals surface area contributed by atoms with Crippen molar-refractivity contribution < 1.29 is 9.59 Å². The molecule has 1 unspecified atom stereocenters. The standard InChI is InChI=1S/C22H26N2O2/c1-14(2)18-7-5-6-8-20(18)24-13-17(12-21(24)25)22(26)23-19-11-15(3)9-10-16(19)4/h5-11,14,17H,12-13H2,1-4H3,(H,23,26). The predicted octanol–water partition coefficient (Wildman–Crippen LogP) is 4.42. The fourth-order valence-corrected chi connectivity index (χ4v) is 3.44. The highest BCUT2D eigenvalue weighted by Crippen LogP contribution is 2.32. The van der Waals surface area contributed by atoms with Gasteiger partial charge in [-0.05, 0) is 48.6 Å². The van der Waals surface area contributed by atoms with Crippen molar-refractivity contribution in [3.63, 3.8) is 0 Å². The number of benzene rings is 2. The first-order chi connectivity index (χ1) is 12.4. The summed E-state index contributed by atoms with van der Waals surface area (Å²) in [5.74, 6) is -0.0831. The van der Waals surface area contributed by atoms with E-state index in [1.165, 1.54) is 0 Å². The summed E-state index contributed by atoms with van der Waals surface area (Å²) in [6.45, 7) is 8.63. The summed E-state index contributed by atoms with van der Waals surface area (Å²) in [5.41, 5.74) is 5.01. The van der Waals surface area contributed by atoms with Gasteiger partial charge in [0.1, 0.15) is 0 Å². The summed E-state index contributed by atoms with van der Waals surface area (Å²) in [6, 6.07) is 13.9. The number of carbonyl (C=O) groups excluding carboxylic acids is 2. The summed E-state index contributed by atoms with van der Waals surface area (Å²) in [5, 5.41) is 3.01. The fraction of sp³-hybridized carbons (Fsp3) is 0.364. The first-order valence-electron chi connectivity index (χ1n) is 9.14. The number of rotatable bonds is 4. The van der Waals surface area contributed by atoms with Crippen molar-refractivity contribution in [2.24, 2.45) is 5.92 Å². The highest BCUT2D eigenvalue weighted by Gasteiger charge is 2.36. The molecule has 4 heteroatoms. The summed E-state index contributed by atoms with van der Waals surface area (Å²) in [7, 11) is 0. The minimum atomic E-state index is -0.331. The molecule has 1 saturated heterocycles. The highest BCUT2D eigenvalue weighted by atomic mass is 16.2. The lowest BCUT2D eigenvalue weighted by atomic mass is 10.0.